The number of nitrogens with zero attached hydrogens (tertiary/aromatic N) is 1. The largest absolute Gasteiger partial charge is 0.495 e. The van der Waals surface area contributed by atoms with Gasteiger partial charge in [-0.15, -0.1) is 0 Å². The number of hydrogen-bond acceptors (Lipinski definition) is 4. The molecule has 0 unspecified atom stereocenters. The number of unbranched alkanes of at least 4 members (excludes halogenated alkanes) is 4. The van der Waals surface area contributed by atoms with Gasteiger partial charge in [0.1, 0.15) is 11.3 Å². The first-order valence-electron chi connectivity index (χ1n) is 10.2. The molecule has 4 nitrogen and oxygen atoms in total. The zero-order chi connectivity index (χ0) is 22.8. The molecule has 0 amide bonds. The number of halogens is 4. The second-order valence-electron chi connectivity index (χ2n) is 7.60. The lowest BCUT2D eigenvalue weighted by Crippen LogP contribution is -2.19. The van der Waals surface area contributed by atoms with Crippen LogP contribution in [0.5, 0.6) is 5.75 Å². The van der Waals surface area contributed by atoms with Crippen molar-refractivity contribution in [2.24, 2.45) is 0 Å². The van der Waals surface area contributed by atoms with Crippen molar-refractivity contribution in [1.82, 2.24) is 0 Å². The number of methoxy groups -OCH3 is 1. The average Bonchev–Trinajstić information content (AvgIpc) is 2.72. The van der Waals surface area contributed by atoms with Gasteiger partial charge < -0.3 is 14.1 Å². The normalized spacial score (nSPS) is 12.0. The molecule has 0 spiro atoms. The topological polar surface area (TPSA) is 42.7 Å². The average molecular weight is 500 g/mol. The third kappa shape index (κ3) is 4.84. The molecule has 3 aromatic rings. The highest BCUT2D eigenvalue weighted by Crippen LogP contribution is 2.44. The maximum atomic E-state index is 13.3. The summed E-state index contributed by atoms with van der Waals surface area (Å²) in [5.41, 5.74) is -0.592. The van der Waals surface area contributed by atoms with Crippen molar-refractivity contribution in [1.29, 1.82) is 0 Å². The fourth-order valence-corrected chi connectivity index (χ4v) is 4.51. The van der Waals surface area contributed by atoms with Crippen LogP contribution >= 0.6 is 15.9 Å². The van der Waals surface area contributed by atoms with E-state index in [0.29, 0.717) is 15.6 Å². The second-order valence-corrected chi connectivity index (χ2v) is 8.39. The van der Waals surface area contributed by atoms with E-state index >= 15 is 0 Å². The fraction of sp³-hybridized carbons (Fsp3) is 0.435. The van der Waals surface area contributed by atoms with Gasteiger partial charge >= 0.3 is 11.8 Å². The summed E-state index contributed by atoms with van der Waals surface area (Å²) in [6, 6.07) is 4.68. The molecule has 0 atom stereocenters. The lowest BCUT2D eigenvalue weighted by molar-refractivity contribution is -0.137. The van der Waals surface area contributed by atoms with E-state index in [9.17, 15) is 18.0 Å². The Balaban J connectivity index is 2.14. The smallest absolute Gasteiger partial charge is 0.416 e. The molecule has 2 aromatic carbocycles. The first-order valence-corrected chi connectivity index (χ1v) is 11.0. The van der Waals surface area contributed by atoms with E-state index in [-0.39, 0.29) is 16.4 Å². The molecular weight excluding hydrogens is 475 g/mol. The molecule has 0 aliphatic rings. The number of hydrogen-bond donors (Lipinski definition) is 0. The lowest BCUT2D eigenvalue weighted by Gasteiger charge is -2.23. The van der Waals surface area contributed by atoms with Crippen molar-refractivity contribution in [3.63, 3.8) is 0 Å². The van der Waals surface area contributed by atoms with Gasteiger partial charge in [0.25, 0.3) is 0 Å². The van der Waals surface area contributed by atoms with Crippen LogP contribution < -0.4 is 15.3 Å². The van der Waals surface area contributed by atoms with Gasteiger partial charge in [-0.1, -0.05) is 32.6 Å². The molecule has 168 valence electrons. The molecule has 8 heteroatoms. The van der Waals surface area contributed by atoms with Crippen molar-refractivity contribution in [2.75, 3.05) is 25.6 Å². The molecule has 31 heavy (non-hydrogen) atoms. The highest BCUT2D eigenvalue weighted by molar-refractivity contribution is 9.10. The Labute approximate surface area is 187 Å². The van der Waals surface area contributed by atoms with Crippen LogP contribution in [0.2, 0.25) is 0 Å². The monoisotopic (exact) mass is 499 g/mol. The van der Waals surface area contributed by atoms with Gasteiger partial charge in [-0.3, -0.25) is 0 Å². The lowest BCUT2D eigenvalue weighted by atomic mass is 10.0. The number of ether oxygens (including phenoxy) is 1. The number of rotatable bonds is 8. The highest BCUT2D eigenvalue weighted by atomic mass is 79.9. The minimum absolute atomic E-state index is 0.0720. The molecule has 3 rings (SSSR count). The first kappa shape index (κ1) is 23.4. The van der Waals surface area contributed by atoms with Crippen LogP contribution in [0.25, 0.3) is 21.7 Å². The van der Waals surface area contributed by atoms with Crippen LogP contribution in [-0.2, 0) is 6.18 Å². The van der Waals surface area contributed by atoms with E-state index in [1.54, 1.807) is 6.07 Å². The van der Waals surface area contributed by atoms with Crippen LogP contribution in [0.15, 0.2) is 37.9 Å². The van der Waals surface area contributed by atoms with Crippen LogP contribution in [0.3, 0.4) is 0 Å². The zero-order valence-corrected chi connectivity index (χ0v) is 19.3. The molecule has 1 heterocycles. The summed E-state index contributed by atoms with van der Waals surface area (Å²) >= 11 is 3.55. The quantitative estimate of drug-likeness (QED) is 0.187. The summed E-state index contributed by atoms with van der Waals surface area (Å²) in [7, 11) is 3.37. The van der Waals surface area contributed by atoms with Gasteiger partial charge in [0, 0.05) is 25.0 Å². The summed E-state index contributed by atoms with van der Waals surface area (Å²) in [6.45, 7) is 2.95. The first-order chi connectivity index (χ1) is 14.7. The van der Waals surface area contributed by atoms with Gasteiger partial charge in [-0.05, 0) is 40.5 Å². The Morgan fingerprint density at radius 1 is 1.10 bits per heavy atom. The van der Waals surface area contributed by atoms with Crippen LogP contribution in [0.4, 0.5) is 18.9 Å². The molecule has 1 aromatic heterocycles. The molecule has 0 saturated carbocycles. The third-order valence-electron chi connectivity index (χ3n) is 5.42. The van der Waals surface area contributed by atoms with Gasteiger partial charge in [-0.25, -0.2) is 4.79 Å². The Morgan fingerprint density at radius 2 is 1.81 bits per heavy atom. The molecule has 0 fully saturated rings. The van der Waals surface area contributed by atoms with E-state index in [1.165, 1.54) is 26.4 Å². The predicted molar refractivity (Wildman–Crippen MR) is 121 cm³/mol. The molecule has 0 aliphatic carbocycles. The van der Waals surface area contributed by atoms with E-state index < -0.39 is 17.4 Å². The highest BCUT2D eigenvalue weighted by Gasteiger charge is 2.31. The Morgan fingerprint density at radius 3 is 2.45 bits per heavy atom. The maximum Gasteiger partial charge on any atom is 0.416 e. The number of alkyl halides is 3. The van der Waals surface area contributed by atoms with Crippen LogP contribution in [0, 0.1) is 0 Å². The Kier molecular flexibility index (Phi) is 7.19. The standard InChI is InChI=1S/C23H25BrF3NO3/c1-4-5-6-7-8-11-28(2)17-13-18-19(21(30-3)20(17)24)16-12-14(23(25,26)27)9-10-15(16)22(29)31-18/h9-10,12-13H,4-8,11H2,1-3H3. The minimum atomic E-state index is -4.53. The summed E-state index contributed by atoms with van der Waals surface area (Å²) in [4.78, 5) is 14.5. The van der Waals surface area contributed by atoms with Crippen LogP contribution in [-0.4, -0.2) is 20.7 Å². The van der Waals surface area contributed by atoms with Crippen molar-refractivity contribution in [3.05, 3.63) is 44.7 Å². The molecule has 0 saturated heterocycles. The molecular formula is C23H25BrF3NO3. The number of anilines is 1. The zero-order valence-electron chi connectivity index (χ0n) is 17.7. The van der Waals surface area contributed by atoms with Gasteiger partial charge in [0.2, 0.25) is 0 Å². The summed E-state index contributed by atoms with van der Waals surface area (Å²) in [5, 5.41) is 0.547. The summed E-state index contributed by atoms with van der Waals surface area (Å²) in [5.74, 6) is 0.332. The third-order valence-corrected chi connectivity index (χ3v) is 6.18. The van der Waals surface area contributed by atoms with Crippen LogP contribution in [0.1, 0.15) is 44.6 Å². The van der Waals surface area contributed by atoms with Crippen molar-refractivity contribution in [2.45, 2.75) is 45.2 Å². The van der Waals surface area contributed by atoms with Crippen molar-refractivity contribution in [3.8, 4) is 5.75 Å². The SMILES string of the molecule is CCCCCCCN(C)c1cc2oc(=O)c3ccc(C(F)(F)F)cc3c2c(OC)c1Br. The molecule has 0 aliphatic heterocycles. The number of benzene rings is 2. The molecule has 0 N–H and O–H groups in total. The van der Waals surface area contributed by atoms with E-state index in [1.807, 2.05) is 11.9 Å². The van der Waals surface area contributed by atoms with Crippen molar-refractivity contribution < 1.29 is 22.3 Å². The van der Waals surface area contributed by atoms with Gasteiger partial charge in [0.15, 0.2) is 0 Å². The molecule has 0 radical (unpaired) electrons. The van der Waals surface area contributed by atoms with Crippen molar-refractivity contribution >= 4 is 43.4 Å². The van der Waals surface area contributed by atoms with E-state index in [4.69, 9.17) is 9.15 Å². The summed E-state index contributed by atoms with van der Waals surface area (Å²) in [6.07, 6.45) is 1.13. The Bertz CT molecular complexity index is 1140. The predicted octanol–water partition coefficient (Wildman–Crippen LogP) is 7.14. The fourth-order valence-electron chi connectivity index (χ4n) is 3.74. The van der Waals surface area contributed by atoms with Gasteiger partial charge in [-0.2, -0.15) is 13.2 Å². The second kappa shape index (κ2) is 9.51. The Hall–Kier alpha value is -2.22. The molecule has 0 bridgehead atoms. The van der Waals surface area contributed by atoms with E-state index in [0.717, 1.165) is 43.3 Å². The maximum absolute atomic E-state index is 13.3. The minimum Gasteiger partial charge on any atom is -0.495 e. The summed E-state index contributed by atoms with van der Waals surface area (Å²) < 4.78 is 51.5. The van der Waals surface area contributed by atoms with Gasteiger partial charge in [0.05, 0.1) is 33.6 Å². The number of fused-ring (bicyclic) bond motifs is 3. The van der Waals surface area contributed by atoms with E-state index in [2.05, 4.69) is 22.9 Å².